The van der Waals surface area contributed by atoms with Gasteiger partial charge in [0.1, 0.15) is 5.56 Å². The lowest BCUT2D eigenvalue weighted by Crippen LogP contribution is -2.45. The van der Waals surface area contributed by atoms with Gasteiger partial charge in [-0.1, -0.05) is 0 Å². The number of carbonyl (C=O) groups is 1. The van der Waals surface area contributed by atoms with E-state index in [-0.39, 0.29) is 17.0 Å². The van der Waals surface area contributed by atoms with Crippen LogP contribution >= 0.6 is 15.9 Å². The van der Waals surface area contributed by atoms with Crippen molar-refractivity contribution in [3.8, 4) is 0 Å². The van der Waals surface area contributed by atoms with E-state index in [0.717, 1.165) is 53.2 Å². The third kappa shape index (κ3) is 3.38. The summed E-state index contributed by atoms with van der Waals surface area (Å²) in [6.45, 7) is 3.47. The van der Waals surface area contributed by atoms with Gasteiger partial charge in [0.25, 0.3) is 5.91 Å². The van der Waals surface area contributed by atoms with Gasteiger partial charge in [-0.3, -0.25) is 9.78 Å². The van der Waals surface area contributed by atoms with Gasteiger partial charge in [-0.25, -0.2) is 13.9 Å². The Hall–Kier alpha value is -2.79. The summed E-state index contributed by atoms with van der Waals surface area (Å²) >= 11 is 3.53. The Kier molecular flexibility index (Phi) is 4.85. The second kappa shape index (κ2) is 7.32. The maximum atomic E-state index is 13.4. The fourth-order valence-corrected chi connectivity index (χ4v) is 3.79. The molecule has 3 aromatic rings. The van der Waals surface area contributed by atoms with Crippen molar-refractivity contribution in [2.24, 2.45) is 0 Å². The summed E-state index contributed by atoms with van der Waals surface area (Å²) in [5.41, 5.74) is 7.55. The number of aromatic nitrogens is 4. The molecule has 0 bridgehead atoms. The smallest absolute Gasteiger partial charge is 0.263 e. The second-order valence-electron chi connectivity index (χ2n) is 6.56. The van der Waals surface area contributed by atoms with Gasteiger partial charge in [0.2, 0.25) is 0 Å². The Labute approximate surface area is 168 Å². The first kappa shape index (κ1) is 18.6. The van der Waals surface area contributed by atoms with Crippen LogP contribution in [-0.2, 0) is 0 Å². The van der Waals surface area contributed by atoms with Crippen molar-refractivity contribution in [2.45, 2.75) is 0 Å². The summed E-state index contributed by atoms with van der Waals surface area (Å²) < 4.78 is 15.3. The Morgan fingerprint density at radius 3 is 2.75 bits per heavy atom. The van der Waals surface area contributed by atoms with E-state index in [9.17, 15) is 9.18 Å². The third-order valence-corrected chi connectivity index (χ3v) is 5.22. The van der Waals surface area contributed by atoms with Crippen molar-refractivity contribution in [3.05, 3.63) is 40.6 Å². The molecule has 1 saturated heterocycles. The lowest BCUT2D eigenvalue weighted by atomic mass is 10.2. The number of likely N-dealkylation sites (N-methyl/N-ethyl adjacent to an activating group) is 1. The number of piperazine rings is 1. The van der Waals surface area contributed by atoms with Gasteiger partial charge < -0.3 is 20.9 Å². The van der Waals surface area contributed by atoms with E-state index < -0.39 is 11.7 Å². The third-order valence-electron chi connectivity index (χ3n) is 4.64. The van der Waals surface area contributed by atoms with E-state index in [1.54, 1.807) is 12.4 Å². The van der Waals surface area contributed by atoms with Gasteiger partial charge in [0, 0.05) is 32.4 Å². The van der Waals surface area contributed by atoms with Crippen LogP contribution in [-0.4, -0.2) is 63.6 Å². The van der Waals surface area contributed by atoms with Crippen LogP contribution in [0.5, 0.6) is 0 Å². The molecule has 3 N–H and O–H groups in total. The minimum absolute atomic E-state index is 0.0281. The minimum Gasteiger partial charge on any atom is -0.381 e. The number of nitrogen functional groups attached to an aromatic ring is 1. The highest BCUT2D eigenvalue weighted by atomic mass is 79.9. The quantitative estimate of drug-likeness (QED) is 0.626. The summed E-state index contributed by atoms with van der Waals surface area (Å²) in [6.07, 6.45) is 5.41. The van der Waals surface area contributed by atoms with Gasteiger partial charge in [0.05, 0.1) is 34.4 Å². The van der Waals surface area contributed by atoms with Crippen LogP contribution in [0.3, 0.4) is 0 Å². The largest absolute Gasteiger partial charge is 0.381 e. The number of amides is 1. The topological polar surface area (TPSA) is 105 Å². The molecule has 1 fully saturated rings. The number of carbonyl (C=O) groups excluding carboxylic acids is 1. The van der Waals surface area contributed by atoms with E-state index in [1.807, 2.05) is 0 Å². The Bertz CT molecular complexity index is 1050. The number of nitrogens with one attached hydrogen (secondary N) is 1. The second-order valence-corrected chi connectivity index (χ2v) is 7.42. The lowest BCUT2D eigenvalue weighted by molar-refractivity contribution is 0.102. The first-order chi connectivity index (χ1) is 13.4. The van der Waals surface area contributed by atoms with E-state index >= 15 is 0 Å². The van der Waals surface area contributed by atoms with Crippen molar-refractivity contribution in [2.75, 3.05) is 49.2 Å². The first-order valence-electron chi connectivity index (χ1n) is 8.61. The number of nitrogens with two attached hydrogens (primary N) is 1. The van der Waals surface area contributed by atoms with Gasteiger partial charge in [-0.15, -0.1) is 5.10 Å². The zero-order chi connectivity index (χ0) is 19.8. The summed E-state index contributed by atoms with van der Waals surface area (Å²) in [5, 5.41) is 6.82. The van der Waals surface area contributed by atoms with Crippen LogP contribution in [0.15, 0.2) is 29.3 Å². The average molecular weight is 449 g/mol. The monoisotopic (exact) mass is 448 g/mol. The summed E-state index contributed by atoms with van der Waals surface area (Å²) in [6, 6.07) is 0. The first-order valence-corrected chi connectivity index (χ1v) is 9.41. The fourth-order valence-electron chi connectivity index (χ4n) is 3.20. The summed E-state index contributed by atoms with van der Waals surface area (Å²) in [7, 11) is 2.07. The van der Waals surface area contributed by atoms with Crippen LogP contribution in [0.25, 0.3) is 5.65 Å². The molecule has 0 radical (unpaired) electrons. The van der Waals surface area contributed by atoms with E-state index in [1.165, 1.54) is 0 Å². The van der Waals surface area contributed by atoms with Gasteiger partial charge in [-0.05, 0) is 23.0 Å². The molecule has 4 heterocycles. The molecule has 0 aromatic carbocycles. The molecular formula is C17H18BrFN8O. The van der Waals surface area contributed by atoms with Crippen molar-refractivity contribution < 1.29 is 9.18 Å². The molecule has 146 valence electrons. The Morgan fingerprint density at radius 2 is 2.00 bits per heavy atom. The number of halogens is 2. The van der Waals surface area contributed by atoms with E-state index in [4.69, 9.17) is 5.73 Å². The Balaban J connectivity index is 1.68. The van der Waals surface area contributed by atoms with Crippen molar-refractivity contribution in [1.82, 2.24) is 24.5 Å². The normalized spacial score (nSPS) is 15.2. The Morgan fingerprint density at radius 1 is 1.25 bits per heavy atom. The molecule has 1 aliphatic heterocycles. The van der Waals surface area contributed by atoms with Crippen LogP contribution in [0.2, 0.25) is 0 Å². The fraction of sp³-hybridized carbons (Fsp3) is 0.294. The molecule has 1 aliphatic rings. The SMILES string of the molecule is CN1CCN(c2c(Br)cncc2NC(=O)c2c(N)nn3cc(F)cnc23)CC1. The molecule has 0 saturated carbocycles. The van der Waals surface area contributed by atoms with Gasteiger partial charge >= 0.3 is 0 Å². The van der Waals surface area contributed by atoms with Crippen LogP contribution in [0, 0.1) is 5.82 Å². The molecule has 1 amide bonds. The maximum Gasteiger partial charge on any atom is 0.263 e. The zero-order valence-corrected chi connectivity index (χ0v) is 16.6. The molecule has 4 rings (SSSR count). The molecule has 11 heteroatoms. The number of fused-ring (bicyclic) bond motifs is 1. The lowest BCUT2D eigenvalue weighted by Gasteiger charge is -2.35. The molecule has 28 heavy (non-hydrogen) atoms. The number of hydrogen-bond donors (Lipinski definition) is 2. The highest BCUT2D eigenvalue weighted by molar-refractivity contribution is 9.10. The molecule has 0 aliphatic carbocycles. The number of hydrogen-bond acceptors (Lipinski definition) is 7. The number of anilines is 3. The van der Waals surface area contributed by atoms with E-state index in [0.29, 0.717) is 5.69 Å². The van der Waals surface area contributed by atoms with Crippen molar-refractivity contribution in [1.29, 1.82) is 0 Å². The van der Waals surface area contributed by atoms with Gasteiger partial charge in [0.15, 0.2) is 17.3 Å². The summed E-state index contributed by atoms with van der Waals surface area (Å²) in [4.78, 5) is 25.5. The minimum atomic E-state index is -0.574. The molecule has 9 nitrogen and oxygen atoms in total. The number of rotatable bonds is 3. The standard InChI is InChI=1S/C17H18BrFN8O/c1-25-2-4-26(5-3-25)14-11(18)7-21-8-12(14)23-17(28)13-15(20)24-27-9-10(19)6-22-16(13)27/h6-9H,2-5H2,1H3,(H2,20,24)(H,23,28). The highest BCUT2D eigenvalue weighted by Gasteiger charge is 2.24. The van der Waals surface area contributed by atoms with Crippen LogP contribution in [0.1, 0.15) is 10.4 Å². The molecule has 0 spiro atoms. The summed E-state index contributed by atoms with van der Waals surface area (Å²) in [5.74, 6) is -1.09. The van der Waals surface area contributed by atoms with E-state index in [2.05, 4.69) is 53.2 Å². The van der Waals surface area contributed by atoms with Crippen molar-refractivity contribution >= 4 is 44.7 Å². The van der Waals surface area contributed by atoms with Crippen LogP contribution < -0.4 is 16.0 Å². The van der Waals surface area contributed by atoms with Gasteiger partial charge in [-0.2, -0.15) is 0 Å². The predicted octanol–water partition coefficient (Wildman–Crippen LogP) is 1.61. The number of nitrogens with zero attached hydrogens (tertiary/aromatic N) is 6. The molecule has 0 atom stereocenters. The molecular weight excluding hydrogens is 431 g/mol. The maximum absolute atomic E-state index is 13.4. The van der Waals surface area contributed by atoms with Crippen molar-refractivity contribution in [3.63, 3.8) is 0 Å². The highest BCUT2D eigenvalue weighted by Crippen LogP contribution is 2.34. The average Bonchev–Trinajstić information content (AvgIpc) is 2.98. The van der Waals surface area contributed by atoms with Crippen LogP contribution in [0.4, 0.5) is 21.6 Å². The molecule has 0 unspecified atom stereocenters. The zero-order valence-electron chi connectivity index (χ0n) is 15.1. The number of pyridine rings is 1. The predicted molar refractivity (Wildman–Crippen MR) is 107 cm³/mol. The molecule has 3 aromatic heterocycles.